The summed E-state index contributed by atoms with van der Waals surface area (Å²) < 4.78 is 23.6. The van der Waals surface area contributed by atoms with Crippen molar-refractivity contribution in [3.63, 3.8) is 0 Å². The zero-order valence-electron chi connectivity index (χ0n) is 10.3. The van der Waals surface area contributed by atoms with Gasteiger partial charge in [0.15, 0.2) is 0 Å². The van der Waals surface area contributed by atoms with Gasteiger partial charge in [-0.25, -0.2) is 17.9 Å². The number of sulfone groups is 1. The summed E-state index contributed by atoms with van der Waals surface area (Å²) in [5, 5.41) is 16.6. The van der Waals surface area contributed by atoms with Crippen molar-refractivity contribution in [3.05, 3.63) is 23.8 Å². The third-order valence-electron chi connectivity index (χ3n) is 2.65. The Morgan fingerprint density at radius 3 is 2.79 bits per heavy atom. The van der Waals surface area contributed by atoms with Gasteiger partial charge in [-0.05, 0) is 24.6 Å². The summed E-state index contributed by atoms with van der Waals surface area (Å²) in [4.78, 5) is 10.8. The summed E-state index contributed by atoms with van der Waals surface area (Å²) in [7, 11) is -2.99. The predicted octanol–water partition coefficient (Wildman–Crippen LogP) is 0.564. The van der Waals surface area contributed by atoms with Gasteiger partial charge in [-0.15, -0.1) is 5.10 Å². The molecule has 0 saturated carbocycles. The Hall–Kier alpha value is -1.96. The molecule has 2 rings (SSSR count). The molecule has 7 nitrogen and oxygen atoms in total. The van der Waals surface area contributed by atoms with E-state index in [1.165, 1.54) is 18.4 Å². The van der Waals surface area contributed by atoms with Crippen LogP contribution in [-0.4, -0.2) is 46.5 Å². The molecule has 1 aromatic heterocycles. The van der Waals surface area contributed by atoms with Gasteiger partial charge in [0.2, 0.25) is 0 Å². The van der Waals surface area contributed by atoms with Crippen LogP contribution in [0.5, 0.6) is 0 Å². The van der Waals surface area contributed by atoms with Crippen LogP contribution in [0.25, 0.3) is 11.0 Å². The number of fused-ring (bicyclic) bond motifs is 1. The van der Waals surface area contributed by atoms with E-state index in [9.17, 15) is 13.2 Å². The van der Waals surface area contributed by atoms with E-state index in [2.05, 4.69) is 10.3 Å². The highest BCUT2D eigenvalue weighted by Gasteiger charge is 2.09. The highest BCUT2D eigenvalue weighted by Crippen LogP contribution is 2.14. The second-order valence-corrected chi connectivity index (χ2v) is 6.56. The number of benzene rings is 1. The molecule has 0 saturated heterocycles. The van der Waals surface area contributed by atoms with Gasteiger partial charge in [0, 0.05) is 12.8 Å². The van der Waals surface area contributed by atoms with Crippen LogP contribution in [0.4, 0.5) is 0 Å². The van der Waals surface area contributed by atoms with Gasteiger partial charge in [-0.1, -0.05) is 5.21 Å². The van der Waals surface area contributed by atoms with Crippen molar-refractivity contribution in [1.29, 1.82) is 0 Å². The van der Waals surface area contributed by atoms with Crippen molar-refractivity contribution in [2.75, 3.05) is 12.0 Å². The zero-order chi connectivity index (χ0) is 14.0. The van der Waals surface area contributed by atoms with Crippen molar-refractivity contribution >= 4 is 26.8 Å². The molecule has 0 aliphatic rings. The Bertz CT molecular complexity index is 721. The Morgan fingerprint density at radius 2 is 2.16 bits per heavy atom. The first kappa shape index (κ1) is 13.5. The fourth-order valence-electron chi connectivity index (χ4n) is 1.75. The van der Waals surface area contributed by atoms with Crippen molar-refractivity contribution in [3.8, 4) is 0 Å². The molecular weight excluding hydrogens is 270 g/mol. The average molecular weight is 283 g/mol. The van der Waals surface area contributed by atoms with Crippen LogP contribution in [0.2, 0.25) is 0 Å². The van der Waals surface area contributed by atoms with E-state index in [1.807, 2.05) is 0 Å². The Labute approximate surface area is 109 Å². The van der Waals surface area contributed by atoms with Crippen LogP contribution in [0.15, 0.2) is 18.2 Å². The summed E-state index contributed by atoms with van der Waals surface area (Å²) in [5.41, 5.74) is 1.33. The molecule has 0 spiro atoms. The second-order valence-electron chi connectivity index (χ2n) is 4.30. The SMILES string of the molecule is CS(=O)(=O)CCCn1nnc2cc(C(=O)O)ccc21. The van der Waals surface area contributed by atoms with Gasteiger partial charge in [0.25, 0.3) is 0 Å². The number of aromatic nitrogens is 3. The summed E-state index contributed by atoms with van der Waals surface area (Å²) in [5.74, 6) is -0.935. The molecule has 2 aromatic rings. The molecule has 0 atom stereocenters. The fraction of sp³-hybridized carbons (Fsp3) is 0.364. The second kappa shape index (κ2) is 4.96. The predicted molar refractivity (Wildman–Crippen MR) is 68.8 cm³/mol. The molecule has 1 N–H and O–H groups in total. The van der Waals surface area contributed by atoms with Crippen LogP contribution >= 0.6 is 0 Å². The Morgan fingerprint density at radius 1 is 1.42 bits per heavy atom. The summed E-state index contributed by atoms with van der Waals surface area (Å²) in [6.07, 6.45) is 1.63. The summed E-state index contributed by atoms with van der Waals surface area (Å²) in [6, 6.07) is 4.54. The normalized spacial score (nSPS) is 11.8. The molecule has 19 heavy (non-hydrogen) atoms. The van der Waals surface area contributed by atoms with Crippen molar-refractivity contribution < 1.29 is 18.3 Å². The monoisotopic (exact) mass is 283 g/mol. The lowest BCUT2D eigenvalue weighted by Gasteiger charge is -2.01. The van der Waals surface area contributed by atoms with E-state index in [0.717, 1.165) is 0 Å². The van der Waals surface area contributed by atoms with Crippen LogP contribution in [0.1, 0.15) is 16.8 Å². The number of aromatic carboxylic acids is 1. The summed E-state index contributed by atoms with van der Waals surface area (Å²) >= 11 is 0. The van der Waals surface area contributed by atoms with E-state index < -0.39 is 15.8 Å². The van der Waals surface area contributed by atoms with Crippen LogP contribution in [0.3, 0.4) is 0 Å². The Balaban J connectivity index is 2.19. The summed E-state index contributed by atoms with van der Waals surface area (Å²) in [6.45, 7) is 0.427. The van der Waals surface area contributed by atoms with Crippen LogP contribution < -0.4 is 0 Å². The number of nitrogens with zero attached hydrogens (tertiary/aromatic N) is 3. The van der Waals surface area contributed by atoms with E-state index in [0.29, 0.717) is 24.0 Å². The lowest BCUT2D eigenvalue weighted by molar-refractivity contribution is 0.0697. The lowest BCUT2D eigenvalue weighted by atomic mass is 10.2. The average Bonchev–Trinajstić information content (AvgIpc) is 2.70. The number of hydrogen-bond acceptors (Lipinski definition) is 5. The molecule has 1 aromatic carbocycles. The number of carboxylic acid groups (broad SMARTS) is 1. The minimum absolute atomic E-state index is 0.0849. The van der Waals surface area contributed by atoms with E-state index >= 15 is 0 Å². The zero-order valence-corrected chi connectivity index (χ0v) is 11.1. The minimum Gasteiger partial charge on any atom is -0.478 e. The molecule has 1 heterocycles. The van der Waals surface area contributed by atoms with E-state index in [1.54, 1.807) is 10.7 Å². The number of carboxylic acids is 1. The van der Waals surface area contributed by atoms with E-state index in [-0.39, 0.29) is 11.3 Å². The smallest absolute Gasteiger partial charge is 0.335 e. The van der Waals surface area contributed by atoms with Gasteiger partial charge in [-0.3, -0.25) is 0 Å². The van der Waals surface area contributed by atoms with Crippen LogP contribution in [0, 0.1) is 0 Å². The number of rotatable bonds is 5. The standard InChI is InChI=1S/C11H13N3O4S/c1-19(17,18)6-2-5-14-10-4-3-8(11(15)16)7-9(10)12-13-14/h3-4,7H,2,5-6H2,1H3,(H,15,16). The number of carbonyl (C=O) groups is 1. The van der Waals surface area contributed by atoms with Gasteiger partial charge in [-0.2, -0.15) is 0 Å². The van der Waals surface area contributed by atoms with Gasteiger partial charge >= 0.3 is 5.97 Å². The van der Waals surface area contributed by atoms with Gasteiger partial charge < -0.3 is 5.11 Å². The molecule has 0 amide bonds. The third kappa shape index (κ3) is 3.28. The molecule has 0 unspecified atom stereocenters. The maximum absolute atomic E-state index is 11.0. The molecule has 0 aliphatic heterocycles. The number of hydrogen-bond donors (Lipinski definition) is 1. The first-order valence-electron chi connectivity index (χ1n) is 5.61. The first-order valence-corrected chi connectivity index (χ1v) is 7.67. The highest BCUT2D eigenvalue weighted by molar-refractivity contribution is 7.90. The quantitative estimate of drug-likeness (QED) is 0.860. The molecular formula is C11H13N3O4S. The Kier molecular flexibility index (Phi) is 3.52. The topological polar surface area (TPSA) is 102 Å². The van der Waals surface area contributed by atoms with Crippen molar-refractivity contribution in [2.24, 2.45) is 0 Å². The molecule has 0 aliphatic carbocycles. The molecule has 8 heteroatoms. The minimum atomic E-state index is -2.99. The lowest BCUT2D eigenvalue weighted by Crippen LogP contribution is -2.08. The van der Waals surface area contributed by atoms with Crippen molar-refractivity contribution in [2.45, 2.75) is 13.0 Å². The first-order chi connectivity index (χ1) is 8.87. The molecule has 0 radical (unpaired) electrons. The maximum Gasteiger partial charge on any atom is 0.335 e. The van der Waals surface area contributed by atoms with Gasteiger partial charge in [0.05, 0.1) is 16.8 Å². The molecule has 102 valence electrons. The third-order valence-corrected chi connectivity index (χ3v) is 3.68. The fourth-order valence-corrected chi connectivity index (χ4v) is 2.40. The van der Waals surface area contributed by atoms with Gasteiger partial charge in [0.1, 0.15) is 15.4 Å². The van der Waals surface area contributed by atoms with Crippen LogP contribution in [-0.2, 0) is 16.4 Å². The number of aryl methyl sites for hydroxylation is 1. The largest absolute Gasteiger partial charge is 0.478 e. The van der Waals surface area contributed by atoms with E-state index in [4.69, 9.17) is 5.11 Å². The highest BCUT2D eigenvalue weighted by atomic mass is 32.2. The maximum atomic E-state index is 11.0. The molecule has 0 bridgehead atoms. The molecule has 0 fully saturated rings. The van der Waals surface area contributed by atoms with Crippen molar-refractivity contribution in [1.82, 2.24) is 15.0 Å².